The van der Waals surface area contributed by atoms with Crippen molar-refractivity contribution in [2.24, 2.45) is 0 Å². The van der Waals surface area contributed by atoms with Crippen LogP contribution >= 0.6 is 0 Å². The van der Waals surface area contributed by atoms with Crippen LogP contribution in [0.5, 0.6) is 0 Å². The van der Waals surface area contributed by atoms with E-state index in [-0.39, 0.29) is 6.03 Å². The van der Waals surface area contributed by atoms with Gasteiger partial charge >= 0.3 is 6.03 Å². The topological polar surface area (TPSA) is 64.6 Å². The van der Waals surface area contributed by atoms with Crippen molar-refractivity contribution in [3.05, 3.63) is 0 Å². The molecule has 0 bridgehead atoms. The van der Waals surface area contributed by atoms with E-state index in [2.05, 4.69) is 15.5 Å². The molecule has 1 heterocycles. The number of nitrogens with one attached hydrogen (secondary N) is 2. The van der Waals surface area contributed by atoms with Crippen LogP contribution in [0.1, 0.15) is 45.4 Å². The smallest absolute Gasteiger partial charge is 0.315 e. The molecule has 1 atom stereocenters. The molecule has 1 saturated heterocycles. The summed E-state index contributed by atoms with van der Waals surface area (Å²) in [6, 6.07) is 0.984. The second-order valence-electron chi connectivity index (χ2n) is 5.84. The molecule has 2 fully saturated rings. The van der Waals surface area contributed by atoms with E-state index < -0.39 is 6.10 Å². The zero-order valence-electron chi connectivity index (χ0n) is 11.9. The summed E-state index contributed by atoms with van der Waals surface area (Å²) >= 11 is 0. The Labute approximate surface area is 115 Å². The molecule has 0 aromatic rings. The van der Waals surface area contributed by atoms with Crippen molar-refractivity contribution in [2.75, 3.05) is 19.6 Å². The highest BCUT2D eigenvalue weighted by Crippen LogP contribution is 2.29. The third-order valence-electron chi connectivity index (χ3n) is 4.05. The summed E-state index contributed by atoms with van der Waals surface area (Å²) in [5.74, 6) is 0. The van der Waals surface area contributed by atoms with E-state index in [1.165, 1.54) is 12.8 Å². The molecule has 0 aromatic heterocycles. The van der Waals surface area contributed by atoms with E-state index in [0.717, 1.165) is 44.8 Å². The number of rotatable bonds is 6. The molecule has 1 aliphatic heterocycles. The number of carbonyl (C=O) groups excluding carboxylic acids is 1. The molecule has 110 valence electrons. The van der Waals surface area contributed by atoms with Gasteiger partial charge < -0.3 is 20.6 Å². The van der Waals surface area contributed by atoms with Gasteiger partial charge in [-0.15, -0.1) is 0 Å². The van der Waals surface area contributed by atoms with Gasteiger partial charge in [0.2, 0.25) is 0 Å². The van der Waals surface area contributed by atoms with Crippen molar-refractivity contribution in [1.82, 2.24) is 15.5 Å². The number of carbonyl (C=O) groups is 1. The molecule has 3 N–H and O–H groups in total. The van der Waals surface area contributed by atoms with Crippen LogP contribution in [-0.2, 0) is 0 Å². The highest BCUT2D eigenvalue weighted by molar-refractivity contribution is 5.74. The molecular formula is C14H27N3O2. The number of aliphatic hydroxyl groups excluding tert-OH is 1. The number of piperidine rings is 1. The third-order valence-corrected chi connectivity index (χ3v) is 4.05. The number of hydrogen-bond donors (Lipinski definition) is 3. The van der Waals surface area contributed by atoms with E-state index in [1.807, 2.05) is 6.92 Å². The first-order valence-corrected chi connectivity index (χ1v) is 7.65. The summed E-state index contributed by atoms with van der Waals surface area (Å²) in [6.07, 6.45) is 6.04. The van der Waals surface area contributed by atoms with Crippen molar-refractivity contribution in [2.45, 2.75) is 63.6 Å². The molecule has 0 spiro atoms. The van der Waals surface area contributed by atoms with Gasteiger partial charge in [0, 0.05) is 31.7 Å². The number of nitrogens with zero attached hydrogens (tertiary/aromatic N) is 1. The maximum Gasteiger partial charge on any atom is 0.315 e. The van der Waals surface area contributed by atoms with E-state index in [0.29, 0.717) is 12.6 Å². The number of likely N-dealkylation sites (tertiary alicyclic amines) is 1. The van der Waals surface area contributed by atoms with Gasteiger partial charge in [-0.3, -0.25) is 0 Å². The quantitative estimate of drug-likeness (QED) is 0.676. The molecule has 1 aliphatic carbocycles. The minimum absolute atomic E-state index is 0.139. The number of hydrogen-bond acceptors (Lipinski definition) is 3. The zero-order chi connectivity index (χ0) is 13.7. The van der Waals surface area contributed by atoms with Crippen molar-refractivity contribution < 1.29 is 9.90 Å². The summed E-state index contributed by atoms with van der Waals surface area (Å²) in [4.78, 5) is 14.2. The lowest BCUT2D eigenvalue weighted by Crippen LogP contribution is -2.49. The van der Waals surface area contributed by atoms with Crippen LogP contribution in [0, 0.1) is 0 Å². The highest BCUT2D eigenvalue weighted by Gasteiger charge is 2.32. The van der Waals surface area contributed by atoms with Gasteiger partial charge in [0.1, 0.15) is 0 Å². The molecule has 0 radical (unpaired) electrons. The van der Waals surface area contributed by atoms with Crippen LogP contribution in [0.3, 0.4) is 0 Å². The monoisotopic (exact) mass is 269 g/mol. The number of aliphatic hydroxyl groups is 1. The molecule has 2 rings (SSSR count). The first-order valence-electron chi connectivity index (χ1n) is 7.65. The lowest BCUT2D eigenvalue weighted by atomic mass is 10.1. The van der Waals surface area contributed by atoms with Crippen molar-refractivity contribution >= 4 is 6.03 Å². The Morgan fingerprint density at radius 3 is 2.58 bits per heavy atom. The van der Waals surface area contributed by atoms with E-state index in [4.69, 9.17) is 0 Å². The maximum absolute atomic E-state index is 11.7. The third kappa shape index (κ3) is 4.99. The van der Waals surface area contributed by atoms with Crippen LogP contribution in [0.4, 0.5) is 4.79 Å². The fraction of sp³-hybridized carbons (Fsp3) is 0.929. The van der Waals surface area contributed by atoms with Gasteiger partial charge in [-0.25, -0.2) is 4.79 Å². The Balaban J connectivity index is 1.57. The van der Waals surface area contributed by atoms with Gasteiger partial charge in [0.25, 0.3) is 0 Å². The van der Waals surface area contributed by atoms with Crippen molar-refractivity contribution in [3.8, 4) is 0 Å². The molecule has 5 nitrogen and oxygen atoms in total. The Morgan fingerprint density at radius 1 is 1.32 bits per heavy atom. The Bertz CT molecular complexity index is 286. The normalized spacial score (nSPS) is 23.1. The van der Waals surface area contributed by atoms with Crippen LogP contribution in [0.2, 0.25) is 0 Å². The van der Waals surface area contributed by atoms with E-state index >= 15 is 0 Å². The molecule has 2 aliphatic rings. The summed E-state index contributed by atoms with van der Waals surface area (Å²) in [5.41, 5.74) is 0. The largest absolute Gasteiger partial charge is 0.391 e. The van der Waals surface area contributed by atoms with Gasteiger partial charge in [0.05, 0.1) is 6.10 Å². The summed E-state index contributed by atoms with van der Waals surface area (Å²) in [6.45, 7) is 4.58. The van der Waals surface area contributed by atoms with Crippen LogP contribution in [0.15, 0.2) is 0 Å². The first-order chi connectivity index (χ1) is 9.19. The highest BCUT2D eigenvalue weighted by atomic mass is 16.3. The SMILES string of the molecule is CCCC(O)CNC(=O)NC1CCN(C2CC2)CC1. The summed E-state index contributed by atoms with van der Waals surface area (Å²) in [5, 5.41) is 15.3. The van der Waals surface area contributed by atoms with Crippen LogP contribution in [0.25, 0.3) is 0 Å². The van der Waals surface area contributed by atoms with Gasteiger partial charge in [0.15, 0.2) is 0 Å². The van der Waals surface area contributed by atoms with Gasteiger partial charge in [-0.05, 0) is 32.1 Å². The second kappa shape index (κ2) is 7.10. The van der Waals surface area contributed by atoms with Crippen LogP contribution in [-0.4, -0.2) is 53.9 Å². The predicted molar refractivity (Wildman–Crippen MR) is 75.1 cm³/mol. The molecular weight excluding hydrogens is 242 g/mol. The molecule has 0 aromatic carbocycles. The van der Waals surface area contributed by atoms with E-state index in [9.17, 15) is 9.90 Å². The first kappa shape index (κ1) is 14.6. The zero-order valence-corrected chi connectivity index (χ0v) is 11.9. The second-order valence-corrected chi connectivity index (χ2v) is 5.84. The fourth-order valence-corrected chi connectivity index (χ4v) is 2.73. The van der Waals surface area contributed by atoms with Crippen molar-refractivity contribution in [3.63, 3.8) is 0 Å². The average molecular weight is 269 g/mol. The van der Waals surface area contributed by atoms with Crippen molar-refractivity contribution in [1.29, 1.82) is 0 Å². The predicted octanol–water partition coefficient (Wildman–Crippen LogP) is 1.07. The molecule has 1 unspecified atom stereocenters. The maximum atomic E-state index is 11.7. The Morgan fingerprint density at radius 2 is 2.00 bits per heavy atom. The van der Waals surface area contributed by atoms with Crippen LogP contribution < -0.4 is 10.6 Å². The molecule has 19 heavy (non-hydrogen) atoms. The number of urea groups is 1. The molecule has 1 saturated carbocycles. The van der Waals surface area contributed by atoms with Gasteiger partial charge in [-0.2, -0.15) is 0 Å². The lowest BCUT2D eigenvalue weighted by Gasteiger charge is -2.32. The van der Waals surface area contributed by atoms with Gasteiger partial charge in [-0.1, -0.05) is 13.3 Å². The number of amides is 2. The average Bonchev–Trinajstić information content (AvgIpc) is 3.22. The van der Waals surface area contributed by atoms with E-state index in [1.54, 1.807) is 0 Å². The molecule has 2 amide bonds. The Kier molecular flexibility index (Phi) is 5.45. The standard InChI is InChI=1S/C14H27N3O2/c1-2-3-13(18)10-15-14(19)16-11-6-8-17(9-7-11)12-4-5-12/h11-13,18H,2-10H2,1H3,(H2,15,16,19). The summed E-state index contributed by atoms with van der Waals surface area (Å²) in [7, 11) is 0. The molecule has 5 heteroatoms. The lowest BCUT2D eigenvalue weighted by molar-refractivity contribution is 0.157. The minimum Gasteiger partial charge on any atom is -0.391 e. The minimum atomic E-state index is -0.424. The fourth-order valence-electron chi connectivity index (χ4n) is 2.73. The Hall–Kier alpha value is -0.810. The summed E-state index contributed by atoms with van der Waals surface area (Å²) < 4.78 is 0.